The Balaban J connectivity index is 1.54. The van der Waals surface area contributed by atoms with Crippen LogP contribution in [0, 0.1) is 25.2 Å². The van der Waals surface area contributed by atoms with Gasteiger partial charge in [0.05, 0.1) is 24.3 Å². The van der Waals surface area contributed by atoms with E-state index in [-0.39, 0.29) is 23.3 Å². The van der Waals surface area contributed by atoms with Crippen LogP contribution in [0.5, 0.6) is 0 Å². The van der Waals surface area contributed by atoms with Crippen molar-refractivity contribution in [3.63, 3.8) is 0 Å². The Kier molecular flexibility index (Phi) is 3.92. The lowest BCUT2D eigenvalue weighted by molar-refractivity contribution is -0.136. The zero-order chi connectivity index (χ0) is 16.9. The van der Waals surface area contributed by atoms with Gasteiger partial charge >= 0.3 is 0 Å². The van der Waals surface area contributed by atoms with Crippen molar-refractivity contribution >= 4 is 5.91 Å². The quantitative estimate of drug-likeness (QED) is 0.827. The summed E-state index contributed by atoms with van der Waals surface area (Å²) in [5, 5.41) is 4.50. The molecule has 3 aliphatic heterocycles. The summed E-state index contributed by atoms with van der Waals surface area (Å²) in [6, 6.07) is 0. The third-order valence-corrected chi connectivity index (χ3v) is 6.19. The maximum Gasteiger partial charge on any atom is 0.228 e. The molecule has 24 heavy (non-hydrogen) atoms. The molecule has 1 amide bonds. The van der Waals surface area contributed by atoms with Crippen LogP contribution in [-0.4, -0.2) is 53.5 Å². The number of amides is 1. The molecule has 3 saturated heterocycles. The zero-order valence-corrected chi connectivity index (χ0v) is 14.9. The van der Waals surface area contributed by atoms with Crippen LogP contribution in [0.25, 0.3) is 0 Å². The first-order valence-electron chi connectivity index (χ1n) is 8.99. The highest BCUT2D eigenvalue weighted by molar-refractivity contribution is 5.80. The molecule has 0 aromatic carbocycles. The summed E-state index contributed by atoms with van der Waals surface area (Å²) in [7, 11) is 1.95. The molecule has 4 rings (SSSR count). The molecule has 3 fully saturated rings. The summed E-state index contributed by atoms with van der Waals surface area (Å²) in [6.07, 6.45) is 2.81. The SMILES string of the molecule is Cc1nn(C)c(C)c1[C@H]1OCC[C@@H]1C(=O)N1CCC2(CCOC2)C1. The highest BCUT2D eigenvalue weighted by Gasteiger charge is 2.46. The minimum Gasteiger partial charge on any atom is -0.381 e. The Bertz CT molecular complexity index is 648. The highest BCUT2D eigenvalue weighted by Crippen LogP contribution is 2.42. The van der Waals surface area contributed by atoms with E-state index < -0.39 is 0 Å². The van der Waals surface area contributed by atoms with Gasteiger partial charge in [0.15, 0.2) is 0 Å². The van der Waals surface area contributed by atoms with Crippen LogP contribution in [0.4, 0.5) is 0 Å². The van der Waals surface area contributed by atoms with Crippen molar-refractivity contribution in [2.45, 2.75) is 39.2 Å². The van der Waals surface area contributed by atoms with Crippen molar-refractivity contribution in [2.75, 3.05) is 32.9 Å². The molecule has 4 heterocycles. The van der Waals surface area contributed by atoms with E-state index in [4.69, 9.17) is 9.47 Å². The summed E-state index contributed by atoms with van der Waals surface area (Å²) >= 11 is 0. The Hall–Kier alpha value is -1.40. The molecule has 0 N–H and O–H groups in total. The van der Waals surface area contributed by atoms with E-state index in [0.29, 0.717) is 6.61 Å². The Morgan fingerprint density at radius 2 is 2.12 bits per heavy atom. The van der Waals surface area contributed by atoms with E-state index in [1.54, 1.807) is 0 Å². The van der Waals surface area contributed by atoms with Crippen molar-refractivity contribution in [3.8, 4) is 0 Å². The van der Waals surface area contributed by atoms with E-state index in [1.807, 2.05) is 18.7 Å². The highest BCUT2D eigenvalue weighted by atomic mass is 16.5. The molecular weight excluding hydrogens is 306 g/mol. The first-order valence-corrected chi connectivity index (χ1v) is 8.99. The van der Waals surface area contributed by atoms with Gasteiger partial charge in [0.25, 0.3) is 0 Å². The van der Waals surface area contributed by atoms with Gasteiger partial charge in [0, 0.05) is 50.0 Å². The Morgan fingerprint density at radius 3 is 2.79 bits per heavy atom. The molecule has 0 aliphatic carbocycles. The fourth-order valence-electron chi connectivity index (χ4n) is 4.66. The van der Waals surface area contributed by atoms with Crippen LogP contribution in [0.1, 0.15) is 42.3 Å². The van der Waals surface area contributed by atoms with Crippen molar-refractivity contribution in [2.24, 2.45) is 18.4 Å². The molecule has 1 aromatic rings. The third-order valence-electron chi connectivity index (χ3n) is 6.19. The second-order valence-electron chi connectivity index (χ2n) is 7.71. The lowest BCUT2D eigenvalue weighted by Crippen LogP contribution is -2.37. The van der Waals surface area contributed by atoms with Gasteiger partial charge in [-0.05, 0) is 33.1 Å². The predicted octanol–water partition coefficient (Wildman–Crippen LogP) is 1.75. The number of likely N-dealkylation sites (tertiary alicyclic amines) is 1. The topological polar surface area (TPSA) is 56.6 Å². The van der Waals surface area contributed by atoms with Crippen LogP contribution < -0.4 is 0 Å². The van der Waals surface area contributed by atoms with Gasteiger partial charge in [-0.2, -0.15) is 5.10 Å². The molecule has 1 spiro atoms. The number of nitrogens with zero attached hydrogens (tertiary/aromatic N) is 3. The summed E-state index contributed by atoms with van der Waals surface area (Å²) in [5.74, 6) is 0.174. The van der Waals surface area contributed by atoms with Gasteiger partial charge in [-0.25, -0.2) is 0 Å². The zero-order valence-electron chi connectivity index (χ0n) is 14.9. The fourth-order valence-corrected chi connectivity index (χ4v) is 4.66. The van der Waals surface area contributed by atoms with E-state index in [0.717, 1.165) is 62.5 Å². The van der Waals surface area contributed by atoms with Crippen LogP contribution >= 0.6 is 0 Å². The lowest BCUT2D eigenvalue weighted by Gasteiger charge is -2.26. The van der Waals surface area contributed by atoms with E-state index in [2.05, 4.69) is 16.9 Å². The molecule has 1 unspecified atom stereocenters. The Morgan fingerprint density at radius 1 is 1.29 bits per heavy atom. The lowest BCUT2D eigenvalue weighted by atomic mass is 9.86. The predicted molar refractivity (Wildman–Crippen MR) is 88.5 cm³/mol. The van der Waals surface area contributed by atoms with Crippen LogP contribution in [0.15, 0.2) is 0 Å². The maximum atomic E-state index is 13.2. The number of rotatable bonds is 2. The van der Waals surface area contributed by atoms with Gasteiger partial charge in [-0.15, -0.1) is 0 Å². The average Bonchev–Trinajstić information content (AvgIpc) is 3.32. The molecule has 0 bridgehead atoms. The van der Waals surface area contributed by atoms with E-state index in [1.165, 1.54) is 0 Å². The number of aryl methyl sites for hydroxylation is 2. The number of aromatic nitrogens is 2. The van der Waals surface area contributed by atoms with Gasteiger partial charge in [0.1, 0.15) is 0 Å². The largest absolute Gasteiger partial charge is 0.381 e. The monoisotopic (exact) mass is 333 g/mol. The molecule has 0 radical (unpaired) electrons. The van der Waals surface area contributed by atoms with E-state index >= 15 is 0 Å². The first-order chi connectivity index (χ1) is 11.5. The Labute approximate surface area is 143 Å². The van der Waals surface area contributed by atoms with Gasteiger partial charge in [-0.1, -0.05) is 0 Å². The van der Waals surface area contributed by atoms with Crippen LogP contribution in [0.3, 0.4) is 0 Å². The molecule has 132 valence electrons. The third kappa shape index (κ3) is 2.47. The van der Waals surface area contributed by atoms with Gasteiger partial charge < -0.3 is 14.4 Å². The second-order valence-corrected chi connectivity index (χ2v) is 7.71. The summed E-state index contributed by atoms with van der Waals surface area (Å²) in [5.41, 5.74) is 3.39. The number of ether oxygens (including phenoxy) is 2. The standard InChI is InChI=1S/C18H27N3O3/c1-12-15(13(2)20(3)19-12)16-14(4-8-24-16)17(22)21-7-5-18(10-21)6-9-23-11-18/h14,16H,4-11H2,1-3H3/t14-,16-,18?/m0/s1. The molecule has 6 heteroatoms. The maximum absolute atomic E-state index is 13.2. The van der Waals surface area contributed by atoms with Crippen molar-refractivity contribution in [1.29, 1.82) is 0 Å². The minimum absolute atomic E-state index is 0.0796. The summed E-state index contributed by atoms with van der Waals surface area (Å²) < 4.78 is 13.5. The summed E-state index contributed by atoms with van der Waals surface area (Å²) in [6.45, 7) is 8.06. The van der Waals surface area contributed by atoms with Gasteiger partial charge in [0.2, 0.25) is 5.91 Å². The summed E-state index contributed by atoms with van der Waals surface area (Å²) in [4.78, 5) is 15.2. The molecule has 3 aliphatic rings. The molecular formula is C18H27N3O3. The fraction of sp³-hybridized carbons (Fsp3) is 0.778. The van der Waals surface area contributed by atoms with Crippen molar-refractivity contribution < 1.29 is 14.3 Å². The normalized spacial score (nSPS) is 33.0. The van der Waals surface area contributed by atoms with Crippen LogP contribution in [-0.2, 0) is 21.3 Å². The van der Waals surface area contributed by atoms with Crippen molar-refractivity contribution in [1.82, 2.24) is 14.7 Å². The minimum atomic E-state index is -0.150. The smallest absolute Gasteiger partial charge is 0.228 e. The molecule has 0 saturated carbocycles. The van der Waals surface area contributed by atoms with Crippen LogP contribution in [0.2, 0.25) is 0 Å². The number of hydrogen-bond donors (Lipinski definition) is 0. The average molecular weight is 333 g/mol. The number of carbonyl (C=O) groups excluding carboxylic acids is 1. The van der Waals surface area contributed by atoms with Gasteiger partial charge in [-0.3, -0.25) is 9.48 Å². The second kappa shape index (κ2) is 5.85. The number of carbonyl (C=O) groups is 1. The molecule has 1 aromatic heterocycles. The number of hydrogen-bond acceptors (Lipinski definition) is 4. The first kappa shape index (κ1) is 16.1. The molecule has 6 nitrogen and oxygen atoms in total. The van der Waals surface area contributed by atoms with E-state index in [9.17, 15) is 4.79 Å². The van der Waals surface area contributed by atoms with Crippen molar-refractivity contribution in [3.05, 3.63) is 17.0 Å². The molecule has 3 atom stereocenters.